The Morgan fingerprint density at radius 2 is 1.94 bits per heavy atom. The summed E-state index contributed by atoms with van der Waals surface area (Å²) in [6.45, 7) is 0. The monoisotopic (exact) mass is 299 g/mol. The van der Waals surface area contributed by atoms with Gasteiger partial charge in [-0.25, -0.2) is 9.97 Å². The molecule has 0 unspecified atom stereocenters. The molecule has 0 aliphatic carbocycles. The minimum Gasteiger partial charge on any atom is -0.357 e. The van der Waals surface area contributed by atoms with Gasteiger partial charge in [-0.05, 0) is 17.7 Å². The van der Waals surface area contributed by atoms with Crippen molar-refractivity contribution < 1.29 is 0 Å². The van der Waals surface area contributed by atoms with Crippen LogP contribution in [0.25, 0.3) is 0 Å². The Bertz CT molecular complexity index is 531. The zero-order chi connectivity index (χ0) is 13.0. The smallest absolute Gasteiger partial charge is 0.223 e. The summed E-state index contributed by atoms with van der Waals surface area (Å²) < 4.78 is 0. The van der Waals surface area contributed by atoms with E-state index in [2.05, 4.69) is 15.3 Å². The molecule has 0 fully saturated rings. The predicted molar refractivity (Wildman–Crippen MR) is 77.6 cm³/mol. The highest BCUT2D eigenvalue weighted by Gasteiger charge is 2.05. The van der Waals surface area contributed by atoms with E-state index in [1.165, 1.54) is 5.56 Å². The molecule has 6 heteroatoms. The zero-order valence-electron chi connectivity index (χ0n) is 9.65. The maximum atomic E-state index is 6.05. The summed E-state index contributed by atoms with van der Waals surface area (Å²) in [7, 11) is 1.77. The van der Waals surface area contributed by atoms with Gasteiger partial charge in [-0.1, -0.05) is 47.1 Å². The van der Waals surface area contributed by atoms with E-state index in [1.807, 2.05) is 24.3 Å². The predicted octanol–water partition coefficient (Wildman–Crippen LogP) is 4.12. The minimum atomic E-state index is 0.563. The van der Waals surface area contributed by atoms with Gasteiger partial charge < -0.3 is 5.32 Å². The molecule has 1 aromatic heterocycles. The van der Waals surface area contributed by atoms with E-state index < -0.39 is 0 Å². The third kappa shape index (κ3) is 3.51. The van der Waals surface area contributed by atoms with Crippen LogP contribution in [-0.4, -0.2) is 17.0 Å². The van der Waals surface area contributed by atoms with Gasteiger partial charge in [-0.15, -0.1) is 0 Å². The summed E-state index contributed by atoms with van der Waals surface area (Å²) in [5.74, 6) is 1.36. The Hall–Kier alpha value is -0.970. The molecule has 0 aliphatic heterocycles. The second kappa shape index (κ2) is 6.27. The molecule has 1 heterocycles. The van der Waals surface area contributed by atoms with Gasteiger partial charge in [0.25, 0.3) is 0 Å². The van der Waals surface area contributed by atoms with Crippen molar-refractivity contribution in [3.63, 3.8) is 0 Å². The molecule has 0 bridgehead atoms. The lowest BCUT2D eigenvalue weighted by atomic mass is 10.2. The first-order valence-corrected chi connectivity index (χ1v) is 7.00. The summed E-state index contributed by atoms with van der Waals surface area (Å²) in [4.78, 5) is 8.35. The molecule has 0 saturated carbocycles. The molecule has 2 rings (SSSR count). The van der Waals surface area contributed by atoms with Gasteiger partial charge in [0.1, 0.15) is 5.03 Å². The quantitative estimate of drug-likeness (QED) is 0.681. The Morgan fingerprint density at radius 3 is 2.61 bits per heavy atom. The second-order valence-electron chi connectivity index (χ2n) is 3.51. The van der Waals surface area contributed by atoms with E-state index >= 15 is 0 Å². The van der Waals surface area contributed by atoms with Crippen molar-refractivity contribution >= 4 is 40.9 Å². The number of halogens is 2. The van der Waals surface area contributed by atoms with Gasteiger partial charge in [-0.3, -0.25) is 0 Å². The Morgan fingerprint density at radius 1 is 1.22 bits per heavy atom. The normalized spacial score (nSPS) is 10.4. The minimum absolute atomic E-state index is 0.563. The van der Waals surface area contributed by atoms with Gasteiger partial charge in [0.15, 0.2) is 0 Å². The van der Waals surface area contributed by atoms with Crippen LogP contribution < -0.4 is 5.32 Å². The molecule has 0 atom stereocenters. The lowest BCUT2D eigenvalue weighted by molar-refractivity contribution is 1.04. The average molecular weight is 300 g/mol. The van der Waals surface area contributed by atoms with Gasteiger partial charge in [-0.2, -0.15) is 0 Å². The average Bonchev–Trinajstić information content (AvgIpc) is 2.40. The molecule has 94 valence electrons. The molecule has 2 aromatic rings. The molecule has 0 aliphatic rings. The summed E-state index contributed by atoms with van der Waals surface area (Å²) in [6, 6.07) is 7.73. The first kappa shape index (κ1) is 13.5. The van der Waals surface area contributed by atoms with Gasteiger partial charge in [0, 0.05) is 17.8 Å². The maximum Gasteiger partial charge on any atom is 0.223 e. The molecular formula is C12H11Cl2N3S. The standard InChI is InChI=1S/C12H11Cl2N3S/c1-15-12-16-6-10(14)11(17-12)18-7-8-2-4-9(13)5-3-8/h2-6H,7H2,1H3,(H,15,16,17). The molecule has 0 radical (unpaired) electrons. The van der Waals surface area contributed by atoms with Crippen LogP contribution in [0.2, 0.25) is 10.0 Å². The van der Waals surface area contributed by atoms with Crippen molar-refractivity contribution in [2.45, 2.75) is 10.8 Å². The number of hydrogen-bond acceptors (Lipinski definition) is 4. The van der Waals surface area contributed by atoms with Gasteiger partial charge in [0.2, 0.25) is 5.95 Å². The van der Waals surface area contributed by atoms with Crippen LogP contribution in [0.5, 0.6) is 0 Å². The number of aromatic nitrogens is 2. The largest absolute Gasteiger partial charge is 0.357 e. The summed E-state index contributed by atoms with van der Waals surface area (Å²) in [5, 5.41) is 4.96. The third-order valence-corrected chi connectivity index (χ3v) is 3.93. The van der Waals surface area contributed by atoms with E-state index in [0.29, 0.717) is 11.0 Å². The van der Waals surface area contributed by atoms with Crippen molar-refractivity contribution in [3.05, 3.63) is 46.1 Å². The van der Waals surface area contributed by atoms with Crippen LogP contribution in [0.15, 0.2) is 35.5 Å². The first-order valence-electron chi connectivity index (χ1n) is 5.26. The number of thioether (sulfide) groups is 1. The lowest BCUT2D eigenvalue weighted by Gasteiger charge is -2.05. The first-order chi connectivity index (χ1) is 8.69. The van der Waals surface area contributed by atoms with Crippen LogP contribution in [0.3, 0.4) is 0 Å². The fraction of sp³-hybridized carbons (Fsp3) is 0.167. The fourth-order valence-corrected chi connectivity index (χ4v) is 2.52. The van der Waals surface area contributed by atoms with Crippen LogP contribution in [0.1, 0.15) is 5.56 Å². The Balaban J connectivity index is 2.07. The van der Waals surface area contributed by atoms with E-state index in [0.717, 1.165) is 15.8 Å². The highest BCUT2D eigenvalue weighted by molar-refractivity contribution is 7.98. The van der Waals surface area contributed by atoms with E-state index in [9.17, 15) is 0 Å². The van der Waals surface area contributed by atoms with E-state index in [4.69, 9.17) is 23.2 Å². The Labute approximate surface area is 120 Å². The number of nitrogens with zero attached hydrogens (tertiary/aromatic N) is 2. The van der Waals surface area contributed by atoms with Crippen LogP contribution >= 0.6 is 35.0 Å². The molecule has 0 amide bonds. The second-order valence-corrected chi connectivity index (χ2v) is 5.32. The maximum absolute atomic E-state index is 6.05. The number of benzene rings is 1. The summed E-state index contributed by atoms with van der Waals surface area (Å²) >= 11 is 13.5. The van der Waals surface area contributed by atoms with Crippen LogP contribution in [0, 0.1) is 0 Å². The molecule has 0 saturated heterocycles. The van der Waals surface area contributed by atoms with Gasteiger partial charge in [0.05, 0.1) is 11.2 Å². The topological polar surface area (TPSA) is 37.8 Å². The molecular weight excluding hydrogens is 289 g/mol. The van der Waals surface area contributed by atoms with Gasteiger partial charge >= 0.3 is 0 Å². The number of anilines is 1. The number of rotatable bonds is 4. The SMILES string of the molecule is CNc1ncc(Cl)c(SCc2ccc(Cl)cc2)n1. The fourth-order valence-electron chi connectivity index (χ4n) is 1.31. The number of hydrogen-bond donors (Lipinski definition) is 1. The zero-order valence-corrected chi connectivity index (χ0v) is 12.0. The van der Waals surface area contributed by atoms with Crippen LogP contribution in [-0.2, 0) is 5.75 Å². The van der Waals surface area contributed by atoms with E-state index in [-0.39, 0.29) is 0 Å². The highest BCUT2D eigenvalue weighted by atomic mass is 35.5. The molecule has 18 heavy (non-hydrogen) atoms. The third-order valence-electron chi connectivity index (χ3n) is 2.22. The van der Waals surface area contributed by atoms with Crippen molar-refractivity contribution in [3.8, 4) is 0 Å². The van der Waals surface area contributed by atoms with Crippen molar-refractivity contribution in [1.29, 1.82) is 0 Å². The Kier molecular flexibility index (Phi) is 4.69. The summed E-state index contributed by atoms with van der Waals surface area (Å²) in [6.07, 6.45) is 1.60. The van der Waals surface area contributed by atoms with Crippen molar-refractivity contribution in [1.82, 2.24) is 9.97 Å². The molecule has 3 nitrogen and oxygen atoms in total. The molecule has 0 spiro atoms. The molecule has 1 aromatic carbocycles. The number of nitrogens with one attached hydrogen (secondary N) is 1. The molecule has 1 N–H and O–H groups in total. The van der Waals surface area contributed by atoms with Crippen molar-refractivity contribution in [2.24, 2.45) is 0 Å². The van der Waals surface area contributed by atoms with Crippen molar-refractivity contribution in [2.75, 3.05) is 12.4 Å². The van der Waals surface area contributed by atoms with Crippen LogP contribution in [0.4, 0.5) is 5.95 Å². The highest BCUT2D eigenvalue weighted by Crippen LogP contribution is 2.28. The summed E-state index contributed by atoms with van der Waals surface area (Å²) in [5.41, 5.74) is 1.17. The lowest BCUT2D eigenvalue weighted by Crippen LogP contribution is -1.97. The van der Waals surface area contributed by atoms with E-state index in [1.54, 1.807) is 25.0 Å².